The summed E-state index contributed by atoms with van der Waals surface area (Å²) in [5.74, 6) is -3.49. The predicted octanol–water partition coefficient (Wildman–Crippen LogP) is -2.44. The van der Waals surface area contributed by atoms with Crippen LogP contribution in [0, 0.1) is 5.92 Å². The molecule has 39 heavy (non-hydrogen) atoms. The number of fused-ring (bicyclic) bond motifs is 2. The van der Waals surface area contributed by atoms with Gasteiger partial charge >= 0.3 is 59.1 Å². The number of carboxylic acids is 2. The summed E-state index contributed by atoms with van der Waals surface area (Å²) in [5.41, 5.74) is 3.58. The molecule has 0 atom stereocenters. The van der Waals surface area contributed by atoms with Crippen LogP contribution < -0.4 is 79.0 Å². The number of anilines is 1. The topological polar surface area (TPSA) is 119 Å². The standard InChI is InChI=1S/C29H32N2O6.2Na/c1-3-31(4-2)20-12-15-25-26(18-20)37-27(30-25)23-11-8-9-19-17-21(13-14-22(19)23)36-16-7-5-6-10-24(28(32)33)29(34)35;;/h8-9,11-15,17-18,24H,3-7,10,16H2,1-2H3,(H,32,33)(H,34,35);;/q;2*+1/p-2. The van der Waals surface area contributed by atoms with E-state index >= 15 is 0 Å². The van der Waals surface area contributed by atoms with Crippen LogP contribution in [0.25, 0.3) is 33.3 Å². The van der Waals surface area contributed by atoms with Gasteiger partial charge in [-0.1, -0.05) is 25.0 Å². The zero-order chi connectivity index (χ0) is 26.4. The van der Waals surface area contributed by atoms with Crippen LogP contribution >= 0.6 is 0 Å². The molecule has 0 unspecified atom stereocenters. The molecule has 0 aliphatic heterocycles. The van der Waals surface area contributed by atoms with E-state index in [0.29, 0.717) is 37.5 Å². The Balaban J connectivity index is 0.00000267. The van der Waals surface area contributed by atoms with Crippen molar-refractivity contribution in [3.63, 3.8) is 0 Å². The molecular weight excluding hydrogens is 518 g/mol. The van der Waals surface area contributed by atoms with Gasteiger partial charge in [-0.25, -0.2) is 4.98 Å². The van der Waals surface area contributed by atoms with E-state index in [1.165, 1.54) is 0 Å². The second kappa shape index (κ2) is 15.6. The number of ether oxygens (including phenoxy) is 1. The third kappa shape index (κ3) is 8.22. The maximum atomic E-state index is 10.8. The van der Waals surface area contributed by atoms with E-state index in [-0.39, 0.29) is 65.5 Å². The molecule has 3 aromatic carbocycles. The maximum Gasteiger partial charge on any atom is 1.00 e. The monoisotopic (exact) mass is 548 g/mol. The zero-order valence-electron chi connectivity index (χ0n) is 23.1. The fourth-order valence-corrected chi connectivity index (χ4v) is 4.50. The smallest absolute Gasteiger partial charge is 0.549 e. The van der Waals surface area contributed by atoms with Crippen LogP contribution in [0.2, 0.25) is 0 Å². The minimum Gasteiger partial charge on any atom is -0.549 e. The third-order valence-electron chi connectivity index (χ3n) is 6.56. The quantitative estimate of drug-likeness (QED) is 0.103. The van der Waals surface area contributed by atoms with E-state index in [9.17, 15) is 19.8 Å². The van der Waals surface area contributed by atoms with Gasteiger partial charge in [0.15, 0.2) is 5.58 Å². The number of nitrogens with zero attached hydrogens (tertiary/aromatic N) is 2. The first-order valence-corrected chi connectivity index (χ1v) is 12.6. The van der Waals surface area contributed by atoms with Gasteiger partial charge in [0, 0.05) is 36.3 Å². The number of hydrogen-bond acceptors (Lipinski definition) is 8. The van der Waals surface area contributed by atoms with Gasteiger partial charge in [0.25, 0.3) is 0 Å². The average Bonchev–Trinajstić information content (AvgIpc) is 3.31. The van der Waals surface area contributed by atoms with Crippen LogP contribution in [0.1, 0.15) is 39.5 Å². The minimum atomic E-state index is -1.60. The first-order valence-electron chi connectivity index (χ1n) is 12.6. The Labute approximate surface area is 272 Å². The summed E-state index contributed by atoms with van der Waals surface area (Å²) < 4.78 is 12.0. The van der Waals surface area contributed by atoms with Gasteiger partial charge in [-0.3, -0.25) is 0 Å². The van der Waals surface area contributed by atoms with E-state index in [2.05, 4.69) is 24.8 Å². The van der Waals surface area contributed by atoms with Crippen molar-refractivity contribution in [1.29, 1.82) is 0 Å². The van der Waals surface area contributed by atoms with Crippen molar-refractivity contribution >= 4 is 39.5 Å². The van der Waals surface area contributed by atoms with Crippen molar-refractivity contribution in [3.8, 4) is 17.2 Å². The molecule has 0 bridgehead atoms. The number of aromatic nitrogens is 1. The third-order valence-corrected chi connectivity index (χ3v) is 6.56. The molecule has 4 aromatic rings. The molecule has 0 aliphatic carbocycles. The Hall–Kier alpha value is -2.07. The van der Waals surface area contributed by atoms with Crippen molar-refractivity contribution in [2.45, 2.75) is 39.5 Å². The molecule has 1 heterocycles. The number of oxazole rings is 1. The van der Waals surface area contributed by atoms with Crippen LogP contribution in [-0.4, -0.2) is 36.6 Å². The van der Waals surface area contributed by atoms with Crippen LogP contribution in [0.3, 0.4) is 0 Å². The average molecular weight is 549 g/mol. The molecule has 4 rings (SSSR count). The zero-order valence-corrected chi connectivity index (χ0v) is 27.1. The Morgan fingerprint density at radius 2 is 1.69 bits per heavy atom. The molecule has 10 heteroatoms. The number of rotatable bonds is 13. The minimum absolute atomic E-state index is 0. The predicted molar refractivity (Wildman–Crippen MR) is 138 cm³/mol. The molecule has 0 saturated carbocycles. The molecule has 0 radical (unpaired) electrons. The normalized spacial score (nSPS) is 10.7. The van der Waals surface area contributed by atoms with E-state index < -0.39 is 17.9 Å². The number of carboxylic acid groups (broad SMARTS) is 2. The summed E-state index contributed by atoms with van der Waals surface area (Å²) in [4.78, 5) is 28.6. The van der Waals surface area contributed by atoms with Gasteiger partial charge in [-0.2, -0.15) is 0 Å². The number of benzene rings is 3. The summed E-state index contributed by atoms with van der Waals surface area (Å²) in [6, 6.07) is 17.9. The largest absolute Gasteiger partial charge is 1.00 e. The molecule has 0 spiro atoms. The van der Waals surface area contributed by atoms with E-state index in [1.54, 1.807) is 0 Å². The van der Waals surface area contributed by atoms with E-state index in [4.69, 9.17) is 14.1 Å². The Kier molecular flexibility index (Phi) is 13.3. The molecule has 8 nitrogen and oxygen atoms in total. The van der Waals surface area contributed by atoms with Crippen molar-refractivity contribution < 1.29 is 88.1 Å². The van der Waals surface area contributed by atoms with Crippen molar-refractivity contribution in [2.24, 2.45) is 5.92 Å². The van der Waals surface area contributed by atoms with Gasteiger partial charge in [0.1, 0.15) is 11.3 Å². The number of carbonyl (C=O) groups excluding carboxylic acids is 2. The molecule has 0 aliphatic rings. The van der Waals surface area contributed by atoms with Crippen molar-refractivity contribution in [3.05, 3.63) is 54.6 Å². The first-order chi connectivity index (χ1) is 17.9. The molecule has 1 aromatic heterocycles. The number of carbonyl (C=O) groups is 2. The first kappa shape index (κ1) is 33.1. The summed E-state index contributed by atoms with van der Waals surface area (Å²) >= 11 is 0. The van der Waals surface area contributed by atoms with Gasteiger partial charge in [-0.15, -0.1) is 0 Å². The number of aliphatic carboxylic acids is 2. The van der Waals surface area contributed by atoms with Crippen LogP contribution in [-0.2, 0) is 9.59 Å². The van der Waals surface area contributed by atoms with Crippen LogP contribution in [0.4, 0.5) is 5.69 Å². The Morgan fingerprint density at radius 3 is 2.38 bits per heavy atom. The fourth-order valence-electron chi connectivity index (χ4n) is 4.50. The molecule has 0 N–H and O–H groups in total. The molecule has 0 fully saturated rings. The summed E-state index contributed by atoms with van der Waals surface area (Å²) in [6.45, 7) is 6.53. The second-order valence-corrected chi connectivity index (χ2v) is 8.92. The van der Waals surface area contributed by atoms with Crippen LogP contribution in [0.5, 0.6) is 5.75 Å². The Bertz CT molecular complexity index is 1390. The summed E-state index contributed by atoms with van der Waals surface area (Å²) in [7, 11) is 0. The molecule has 0 saturated heterocycles. The van der Waals surface area contributed by atoms with Crippen molar-refractivity contribution in [1.82, 2.24) is 4.98 Å². The molecular formula is C29H30N2Na2O6. The fraction of sp³-hybridized carbons (Fsp3) is 0.345. The van der Waals surface area contributed by atoms with Gasteiger partial charge in [0.05, 0.1) is 18.5 Å². The SMILES string of the molecule is CCN(CC)c1ccc2nc(-c3cccc4cc(OCCCCCC(C(=O)[O-])C(=O)[O-])ccc34)oc2c1.[Na+].[Na+]. The second-order valence-electron chi connectivity index (χ2n) is 8.92. The number of hydrogen-bond donors (Lipinski definition) is 0. The van der Waals surface area contributed by atoms with E-state index in [0.717, 1.165) is 46.2 Å². The molecule has 0 amide bonds. The summed E-state index contributed by atoms with van der Waals surface area (Å²) in [6.07, 6.45) is 1.75. The van der Waals surface area contributed by atoms with Gasteiger partial charge in [-0.05, 0) is 73.9 Å². The Morgan fingerprint density at radius 1 is 0.949 bits per heavy atom. The summed E-state index contributed by atoms with van der Waals surface area (Å²) in [5, 5.41) is 23.6. The van der Waals surface area contributed by atoms with E-state index in [1.807, 2.05) is 48.5 Å². The van der Waals surface area contributed by atoms with Crippen LogP contribution in [0.15, 0.2) is 59.0 Å². The number of unbranched alkanes of at least 4 members (excludes halogenated alkanes) is 2. The van der Waals surface area contributed by atoms with Gasteiger partial charge < -0.3 is 33.9 Å². The molecule has 194 valence electrons. The van der Waals surface area contributed by atoms with Crippen molar-refractivity contribution in [2.75, 3.05) is 24.6 Å². The van der Waals surface area contributed by atoms with Gasteiger partial charge in [0.2, 0.25) is 5.89 Å². The maximum absolute atomic E-state index is 10.8.